The minimum absolute atomic E-state index is 0.196. The lowest BCUT2D eigenvalue weighted by atomic mass is 10.0. The van der Waals surface area contributed by atoms with Crippen LogP contribution in [0.25, 0.3) is 0 Å². The Labute approximate surface area is 74.7 Å². The number of aliphatic hydroxyl groups is 3. The van der Waals surface area contributed by atoms with Gasteiger partial charge < -0.3 is 24.8 Å². The Kier molecular flexibility index (Phi) is 3.21. The average molecular weight is 192 g/mol. The summed E-state index contributed by atoms with van der Waals surface area (Å²) >= 11 is 0. The van der Waals surface area contributed by atoms with Gasteiger partial charge in [-0.05, 0) is 0 Å². The monoisotopic (exact) mass is 192 g/mol. The van der Waals surface area contributed by atoms with Crippen LogP contribution in [-0.4, -0.2) is 59.4 Å². The molecule has 0 aromatic rings. The normalized spacial score (nSPS) is 40.0. The van der Waals surface area contributed by atoms with Gasteiger partial charge in [0.2, 0.25) is 0 Å². The Morgan fingerprint density at radius 3 is 2.54 bits per heavy atom. The van der Waals surface area contributed by atoms with Gasteiger partial charge in [0, 0.05) is 0 Å². The third kappa shape index (κ3) is 1.97. The van der Waals surface area contributed by atoms with Crippen LogP contribution in [0.2, 0.25) is 0 Å². The summed E-state index contributed by atoms with van der Waals surface area (Å²) < 4.78 is 9.12. The molecule has 6 heteroatoms. The quantitative estimate of drug-likeness (QED) is 0.402. The standard InChI is InChI=1S/C7H12O6/c1-12-7(11)6-5(10)4(9)3(8)2-13-6/h3-6,8-10H,2H2,1H3/t3-,4+,5+,6-/m1/s1. The van der Waals surface area contributed by atoms with Crippen LogP contribution in [0.1, 0.15) is 0 Å². The molecule has 13 heavy (non-hydrogen) atoms. The van der Waals surface area contributed by atoms with Crippen LogP contribution in [0.4, 0.5) is 0 Å². The van der Waals surface area contributed by atoms with Crippen LogP contribution in [0, 0.1) is 0 Å². The Balaban J connectivity index is 2.63. The second-order valence-corrected chi connectivity index (χ2v) is 2.83. The van der Waals surface area contributed by atoms with Crippen molar-refractivity contribution in [2.75, 3.05) is 13.7 Å². The van der Waals surface area contributed by atoms with Crippen molar-refractivity contribution in [3.63, 3.8) is 0 Å². The van der Waals surface area contributed by atoms with Gasteiger partial charge in [0.1, 0.15) is 18.3 Å². The van der Waals surface area contributed by atoms with Crippen molar-refractivity contribution in [1.82, 2.24) is 0 Å². The van der Waals surface area contributed by atoms with Crippen molar-refractivity contribution >= 4 is 5.97 Å². The van der Waals surface area contributed by atoms with Gasteiger partial charge in [-0.3, -0.25) is 0 Å². The fraction of sp³-hybridized carbons (Fsp3) is 0.857. The molecule has 0 aliphatic carbocycles. The molecule has 1 aliphatic heterocycles. The Morgan fingerprint density at radius 2 is 2.00 bits per heavy atom. The Morgan fingerprint density at radius 1 is 1.38 bits per heavy atom. The van der Waals surface area contributed by atoms with E-state index in [1.165, 1.54) is 0 Å². The molecular formula is C7H12O6. The molecule has 0 unspecified atom stereocenters. The molecule has 1 saturated heterocycles. The third-order valence-electron chi connectivity index (χ3n) is 1.93. The van der Waals surface area contributed by atoms with Crippen molar-refractivity contribution in [2.45, 2.75) is 24.4 Å². The first-order valence-corrected chi connectivity index (χ1v) is 3.81. The molecule has 0 saturated carbocycles. The number of methoxy groups -OCH3 is 1. The van der Waals surface area contributed by atoms with Gasteiger partial charge in [-0.25, -0.2) is 4.79 Å². The summed E-state index contributed by atoms with van der Waals surface area (Å²) in [6.45, 7) is -0.196. The lowest BCUT2D eigenvalue weighted by Crippen LogP contribution is -2.55. The molecule has 0 radical (unpaired) electrons. The molecule has 0 amide bonds. The predicted molar refractivity (Wildman–Crippen MR) is 39.8 cm³/mol. The number of hydrogen-bond acceptors (Lipinski definition) is 6. The first-order chi connectivity index (χ1) is 6.07. The van der Waals surface area contributed by atoms with Crippen LogP contribution >= 0.6 is 0 Å². The molecule has 3 N–H and O–H groups in total. The van der Waals surface area contributed by atoms with Gasteiger partial charge in [0.15, 0.2) is 6.10 Å². The minimum Gasteiger partial charge on any atom is -0.467 e. The highest BCUT2D eigenvalue weighted by atomic mass is 16.6. The van der Waals surface area contributed by atoms with Gasteiger partial charge in [0.05, 0.1) is 13.7 Å². The van der Waals surface area contributed by atoms with Gasteiger partial charge in [-0.15, -0.1) is 0 Å². The summed E-state index contributed by atoms with van der Waals surface area (Å²) in [5.41, 5.74) is 0. The lowest BCUT2D eigenvalue weighted by Gasteiger charge is -2.33. The fourth-order valence-corrected chi connectivity index (χ4v) is 1.13. The number of hydrogen-bond donors (Lipinski definition) is 3. The highest BCUT2D eigenvalue weighted by molar-refractivity contribution is 5.75. The van der Waals surface area contributed by atoms with Crippen LogP contribution in [0.3, 0.4) is 0 Å². The predicted octanol–water partition coefficient (Wildman–Crippen LogP) is -2.36. The van der Waals surface area contributed by atoms with E-state index in [1.54, 1.807) is 0 Å². The van der Waals surface area contributed by atoms with Gasteiger partial charge in [-0.2, -0.15) is 0 Å². The smallest absolute Gasteiger partial charge is 0.337 e. The number of esters is 1. The molecule has 1 fully saturated rings. The Hall–Kier alpha value is -0.690. The fourth-order valence-electron chi connectivity index (χ4n) is 1.13. The number of ether oxygens (including phenoxy) is 2. The van der Waals surface area contributed by atoms with Gasteiger partial charge >= 0.3 is 5.97 Å². The van der Waals surface area contributed by atoms with Crippen LogP contribution in [0.5, 0.6) is 0 Å². The number of carbonyl (C=O) groups excluding carboxylic acids is 1. The topological polar surface area (TPSA) is 96.2 Å². The number of carbonyl (C=O) groups is 1. The maximum absolute atomic E-state index is 10.9. The second-order valence-electron chi connectivity index (χ2n) is 2.83. The van der Waals surface area contributed by atoms with E-state index in [2.05, 4.69) is 4.74 Å². The Bertz CT molecular complexity index is 193. The zero-order chi connectivity index (χ0) is 10.0. The van der Waals surface area contributed by atoms with Crippen LogP contribution in [-0.2, 0) is 14.3 Å². The summed E-state index contributed by atoms with van der Waals surface area (Å²) in [5, 5.41) is 27.5. The van der Waals surface area contributed by atoms with Crippen molar-refractivity contribution < 1.29 is 29.6 Å². The highest BCUT2D eigenvalue weighted by Gasteiger charge is 2.41. The largest absolute Gasteiger partial charge is 0.467 e. The second kappa shape index (κ2) is 4.01. The lowest BCUT2D eigenvalue weighted by molar-refractivity contribution is -0.203. The molecule has 0 spiro atoms. The van der Waals surface area contributed by atoms with E-state index in [0.29, 0.717) is 0 Å². The molecule has 0 aromatic carbocycles. The third-order valence-corrected chi connectivity index (χ3v) is 1.93. The van der Waals surface area contributed by atoms with Crippen molar-refractivity contribution in [2.24, 2.45) is 0 Å². The zero-order valence-electron chi connectivity index (χ0n) is 7.08. The summed E-state index contributed by atoms with van der Waals surface area (Å²) in [7, 11) is 1.15. The van der Waals surface area contributed by atoms with E-state index < -0.39 is 30.4 Å². The minimum atomic E-state index is -1.45. The first-order valence-electron chi connectivity index (χ1n) is 3.81. The van der Waals surface area contributed by atoms with E-state index >= 15 is 0 Å². The number of aliphatic hydroxyl groups excluding tert-OH is 3. The van der Waals surface area contributed by atoms with E-state index in [1.807, 2.05) is 0 Å². The molecule has 0 bridgehead atoms. The summed E-state index contributed by atoms with van der Waals surface area (Å²) in [6, 6.07) is 0. The maximum atomic E-state index is 10.9. The molecule has 1 aliphatic rings. The molecule has 76 valence electrons. The SMILES string of the molecule is COC(=O)[C@@H]1OC[C@@H](O)[C@H](O)[C@@H]1O. The molecule has 4 atom stereocenters. The van der Waals surface area contributed by atoms with Gasteiger partial charge in [0.25, 0.3) is 0 Å². The summed E-state index contributed by atoms with van der Waals surface area (Å²) in [4.78, 5) is 10.9. The van der Waals surface area contributed by atoms with E-state index in [0.717, 1.165) is 7.11 Å². The van der Waals surface area contributed by atoms with Crippen molar-refractivity contribution in [3.8, 4) is 0 Å². The van der Waals surface area contributed by atoms with Gasteiger partial charge in [-0.1, -0.05) is 0 Å². The highest BCUT2D eigenvalue weighted by Crippen LogP contribution is 2.16. The summed E-state index contributed by atoms with van der Waals surface area (Å²) in [6.07, 6.45) is -5.21. The first kappa shape index (κ1) is 10.4. The van der Waals surface area contributed by atoms with Crippen molar-refractivity contribution in [3.05, 3.63) is 0 Å². The van der Waals surface area contributed by atoms with E-state index in [-0.39, 0.29) is 6.61 Å². The zero-order valence-corrected chi connectivity index (χ0v) is 7.08. The van der Waals surface area contributed by atoms with E-state index in [9.17, 15) is 15.0 Å². The molecule has 1 rings (SSSR count). The van der Waals surface area contributed by atoms with E-state index in [4.69, 9.17) is 9.84 Å². The molecular weight excluding hydrogens is 180 g/mol. The van der Waals surface area contributed by atoms with Crippen molar-refractivity contribution in [1.29, 1.82) is 0 Å². The molecule has 6 nitrogen and oxygen atoms in total. The van der Waals surface area contributed by atoms with Crippen LogP contribution < -0.4 is 0 Å². The molecule has 1 heterocycles. The number of rotatable bonds is 1. The molecule has 0 aromatic heterocycles. The average Bonchev–Trinajstić information content (AvgIpc) is 2.13. The maximum Gasteiger partial charge on any atom is 0.337 e. The summed E-state index contributed by atoms with van der Waals surface area (Å²) in [5.74, 6) is -0.765. The van der Waals surface area contributed by atoms with Crippen LogP contribution in [0.15, 0.2) is 0 Å².